The number of hydrogen-bond acceptors (Lipinski definition) is 6. The molecular formula is C12H10N6. The van der Waals surface area contributed by atoms with Crippen LogP contribution in [-0.2, 0) is 0 Å². The maximum atomic E-state index is 4.21. The number of aromatic nitrogens is 6. The van der Waals surface area contributed by atoms with Crippen molar-refractivity contribution in [2.24, 2.45) is 0 Å². The summed E-state index contributed by atoms with van der Waals surface area (Å²) in [6.07, 6.45) is 7.90. The van der Waals surface area contributed by atoms with Gasteiger partial charge >= 0.3 is 0 Å². The lowest BCUT2D eigenvalue weighted by Gasteiger charge is -1.96. The molecule has 3 aromatic heterocycles. The predicted octanol–water partition coefficient (Wildman–Crippen LogP) is 1.41. The zero-order chi connectivity index (χ0) is 12.5. The molecule has 0 amide bonds. The number of rotatable bonds is 1. The molecule has 3 rings (SSSR count). The van der Waals surface area contributed by atoms with E-state index in [1.165, 1.54) is 12.7 Å². The molecule has 0 N–H and O–H groups in total. The average Bonchev–Trinajstić information content (AvgIpc) is 2.51. The van der Waals surface area contributed by atoms with Crippen LogP contribution in [0.2, 0.25) is 0 Å². The van der Waals surface area contributed by atoms with Crippen molar-refractivity contribution in [1.29, 1.82) is 0 Å². The molecule has 6 heteroatoms. The van der Waals surface area contributed by atoms with Gasteiger partial charge in [-0.1, -0.05) is 6.07 Å². The van der Waals surface area contributed by atoms with E-state index in [2.05, 4.69) is 30.4 Å². The molecular weight excluding hydrogens is 228 g/mol. The van der Waals surface area contributed by atoms with Gasteiger partial charge in [0.05, 0.1) is 5.69 Å². The third kappa shape index (κ3) is 3.67. The molecule has 0 aliphatic rings. The Morgan fingerprint density at radius 3 is 2.00 bits per heavy atom. The largest absolute Gasteiger partial charge is 0.264 e. The van der Waals surface area contributed by atoms with Crippen molar-refractivity contribution in [2.75, 3.05) is 0 Å². The molecule has 88 valence electrons. The van der Waals surface area contributed by atoms with Crippen LogP contribution in [0.5, 0.6) is 0 Å². The monoisotopic (exact) mass is 238 g/mol. The maximum Gasteiger partial charge on any atom is 0.160 e. The highest BCUT2D eigenvalue weighted by Gasteiger charge is 1.94. The van der Waals surface area contributed by atoms with Crippen molar-refractivity contribution < 1.29 is 0 Å². The molecule has 0 saturated heterocycles. The molecule has 0 spiro atoms. The normalized spacial score (nSPS) is 9.11. The summed E-state index contributed by atoms with van der Waals surface area (Å²) in [4.78, 5) is 8.23. The van der Waals surface area contributed by atoms with Crippen LogP contribution in [0.1, 0.15) is 0 Å². The Morgan fingerprint density at radius 1 is 0.722 bits per heavy atom. The van der Waals surface area contributed by atoms with E-state index in [9.17, 15) is 0 Å². The Labute approximate surface area is 104 Å². The lowest BCUT2D eigenvalue weighted by atomic mass is 10.2. The molecule has 3 aromatic rings. The standard InChI is InChI=1S/C10H8N2.C2H2N4/c1-2-7-12-10(5-1)9-4-3-6-11-8-9;1-3-5-2-6-4-1/h1-8H;1-2H. The third-order valence-electron chi connectivity index (χ3n) is 1.96. The van der Waals surface area contributed by atoms with Gasteiger partial charge in [-0.05, 0) is 24.3 Å². The van der Waals surface area contributed by atoms with Gasteiger partial charge in [-0.2, -0.15) is 0 Å². The van der Waals surface area contributed by atoms with Gasteiger partial charge in [0.15, 0.2) is 12.7 Å². The zero-order valence-electron chi connectivity index (χ0n) is 9.46. The molecule has 0 unspecified atom stereocenters. The molecule has 0 fully saturated rings. The van der Waals surface area contributed by atoms with Gasteiger partial charge in [-0.15, -0.1) is 20.4 Å². The van der Waals surface area contributed by atoms with Crippen molar-refractivity contribution >= 4 is 0 Å². The van der Waals surface area contributed by atoms with Gasteiger partial charge in [0.1, 0.15) is 0 Å². The number of nitrogens with zero attached hydrogens (tertiary/aromatic N) is 6. The SMILES string of the molecule is c1ccc(-c2cccnc2)nc1.c1nncnn1. The van der Waals surface area contributed by atoms with Crippen LogP contribution in [0.3, 0.4) is 0 Å². The van der Waals surface area contributed by atoms with Gasteiger partial charge < -0.3 is 0 Å². The Morgan fingerprint density at radius 2 is 1.50 bits per heavy atom. The molecule has 0 bridgehead atoms. The van der Waals surface area contributed by atoms with E-state index in [1.54, 1.807) is 12.4 Å². The second-order valence-corrected chi connectivity index (χ2v) is 3.15. The molecule has 0 aliphatic carbocycles. The minimum absolute atomic E-state index is 0.964. The molecule has 0 aromatic carbocycles. The number of hydrogen-bond donors (Lipinski definition) is 0. The lowest BCUT2D eigenvalue weighted by Crippen LogP contribution is -1.81. The summed E-state index contributed by atoms with van der Waals surface area (Å²) in [7, 11) is 0. The van der Waals surface area contributed by atoms with E-state index >= 15 is 0 Å². The minimum Gasteiger partial charge on any atom is -0.264 e. The fourth-order valence-electron chi connectivity index (χ4n) is 1.21. The van der Waals surface area contributed by atoms with Crippen LogP contribution in [0.25, 0.3) is 11.3 Å². The third-order valence-corrected chi connectivity index (χ3v) is 1.96. The molecule has 18 heavy (non-hydrogen) atoms. The van der Waals surface area contributed by atoms with E-state index < -0.39 is 0 Å². The van der Waals surface area contributed by atoms with Crippen molar-refractivity contribution in [3.05, 3.63) is 61.6 Å². The van der Waals surface area contributed by atoms with Crippen LogP contribution >= 0.6 is 0 Å². The molecule has 0 saturated carbocycles. The highest BCUT2D eigenvalue weighted by Crippen LogP contribution is 2.12. The van der Waals surface area contributed by atoms with E-state index in [4.69, 9.17) is 0 Å². The van der Waals surface area contributed by atoms with Crippen LogP contribution in [0, 0.1) is 0 Å². The van der Waals surface area contributed by atoms with Crippen LogP contribution in [0.4, 0.5) is 0 Å². The summed E-state index contributed by atoms with van der Waals surface area (Å²) in [5.41, 5.74) is 2.02. The first-order valence-electron chi connectivity index (χ1n) is 5.21. The van der Waals surface area contributed by atoms with Gasteiger partial charge in [-0.3, -0.25) is 9.97 Å². The van der Waals surface area contributed by atoms with Crippen LogP contribution in [0.15, 0.2) is 61.6 Å². The van der Waals surface area contributed by atoms with E-state index in [-0.39, 0.29) is 0 Å². The second-order valence-electron chi connectivity index (χ2n) is 3.15. The predicted molar refractivity (Wildman–Crippen MR) is 65.1 cm³/mol. The highest BCUT2D eigenvalue weighted by atomic mass is 15.2. The maximum absolute atomic E-state index is 4.21. The Balaban J connectivity index is 0.000000169. The summed E-state index contributed by atoms with van der Waals surface area (Å²) < 4.78 is 0. The number of pyridine rings is 2. The van der Waals surface area contributed by atoms with Crippen molar-refractivity contribution in [3.8, 4) is 11.3 Å². The average molecular weight is 238 g/mol. The summed E-state index contributed by atoms with van der Waals surface area (Å²) in [6.45, 7) is 0. The first-order valence-corrected chi connectivity index (χ1v) is 5.21. The Kier molecular flexibility index (Phi) is 4.39. The summed E-state index contributed by atoms with van der Waals surface area (Å²) >= 11 is 0. The first-order chi connectivity index (χ1) is 8.97. The molecule has 0 atom stereocenters. The Hall–Kier alpha value is -2.76. The van der Waals surface area contributed by atoms with Crippen LogP contribution in [-0.4, -0.2) is 30.4 Å². The molecule has 0 aliphatic heterocycles. The topological polar surface area (TPSA) is 77.3 Å². The van der Waals surface area contributed by atoms with E-state index in [1.807, 2.05) is 36.5 Å². The van der Waals surface area contributed by atoms with E-state index in [0.29, 0.717) is 0 Å². The molecule has 0 radical (unpaired) electrons. The van der Waals surface area contributed by atoms with Gasteiger partial charge in [0.25, 0.3) is 0 Å². The van der Waals surface area contributed by atoms with Gasteiger partial charge in [-0.25, -0.2) is 0 Å². The zero-order valence-corrected chi connectivity index (χ0v) is 9.46. The fraction of sp³-hybridized carbons (Fsp3) is 0. The second kappa shape index (κ2) is 6.74. The minimum atomic E-state index is 0.964. The smallest absolute Gasteiger partial charge is 0.160 e. The van der Waals surface area contributed by atoms with Crippen molar-refractivity contribution in [2.45, 2.75) is 0 Å². The first kappa shape index (κ1) is 11.7. The van der Waals surface area contributed by atoms with Crippen molar-refractivity contribution in [1.82, 2.24) is 30.4 Å². The fourth-order valence-corrected chi connectivity index (χ4v) is 1.21. The van der Waals surface area contributed by atoms with Gasteiger partial charge in [0.2, 0.25) is 0 Å². The van der Waals surface area contributed by atoms with E-state index in [0.717, 1.165) is 11.3 Å². The molecule has 3 heterocycles. The van der Waals surface area contributed by atoms with Crippen molar-refractivity contribution in [3.63, 3.8) is 0 Å². The molecule has 6 nitrogen and oxygen atoms in total. The quantitative estimate of drug-likeness (QED) is 0.638. The summed E-state index contributed by atoms with van der Waals surface area (Å²) in [5, 5.41) is 13.4. The van der Waals surface area contributed by atoms with Crippen LogP contribution < -0.4 is 0 Å². The highest BCUT2D eigenvalue weighted by molar-refractivity contribution is 5.56. The lowest BCUT2D eigenvalue weighted by molar-refractivity contribution is 0.853. The summed E-state index contributed by atoms with van der Waals surface area (Å²) in [5.74, 6) is 0. The summed E-state index contributed by atoms with van der Waals surface area (Å²) in [6, 6.07) is 9.74. The Bertz CT molecular complexity index is 479. The van der Waals surface area contributed by atoms with Gasteiger partial charge in [0, 0.05) is 24.2 Å².